The van der Waals surface area contributed by atoms with E-state index in [9.17, 15) is 9.90 Å². The molecule has 6 heteroatoms. The minimum Gasteiger partial charge on any atom is -0.455 e. The molecule has 0 saturated carbocycles. The number of benzene rings is 1. The number of likely N-dealkylation sites (tertiary alicyclic amines) is 1. The van der Waals surface area contributed by atoms with Gasteiger partial charge < -0.3 is 20.1 Å². The first-order chi connectivity index (χ1) is 11.4. The maximum atomic E-state index is 12.3. The predicted octanol–water partition coefficient (Wildman–Crippen LogP) is 3.17. The Hall–Kier alpha value is -2.60. The number of hydrogen-bond acceptors (Lipinski definition) is 4. The summed E-state index contributed by atoms with van der Waals surface area (Å²) in [6, 6.07) is 8.92. The van der Waals surface area contributed by atoms with Gasteiger partial charge in [-0.1, -0.05) is 0 Å². The summed E-state index contributed by atoms with van der Waals surface area (Å²) in [6.45, 7) is 4.57. The third-order valence-corrected chi connectivity index (χ3v) is 4.03. The Bertz CT molecular complexity index is 732. The number of carbonyl (C=O) groups excluding carboxylic acids is 1. The third kappa shape index (κ3) is 3.83. The van der Waals surface area contributed by atoms with Gasteiger partial charge in [-0.15, -0.1) is 0 Å². The monoisotopic (exact) mass is 327 g/mol. The summed E-state index contributed by atoms with van der Waals surface area (Å²) >= 11 is 0. The van der Waals surface area contributed by atoms with E-state index in [4.69, 9.17) is 4.74 Å². The van der Waals surface area contributed by atoms with Crippen molar-refractivity contribution in [3.63, 3.8) is 0 Å². The molecule has 1 aromatic carbocycles. The van der Waals surface area contributed by atoms with Gasteiger partial charge in [-0.3, -0.25) is 4.98 Å². The van der Waals surface area contributed by atoms with Crippen molar-refractivity contribution in [3.8, 4) is 11.5 Å². The number of β-amino-alcohol motifs (C(OH)–C–C–N with tert-alkyl or cyclic N) is 1. The highest BCUT2D eigenvalue weighted by atomic mass is 16.5. The van der Waals surface area contributed by atoms with E-state index in [1.54, 1.807) is 30.3 Å². The van der Waals surface area contributed by atoms with Gasteiger partial charge in [0.1, 0.15) is 11.5 Å². The minimum absolute atomic E-state index is 0.201. The molecule has 3 rings (SSSR count). The molecule has 1 unspecified atom stereocenters. The zero-order valence-electron chi connectivity index (χ0n) is 13.8. The van der Waals surface area contributed by atoms with Gasteiger partial charge in [-0.25, -0.2) is 4.79 Å². The van der Waals surface area contributed by atoms with Crippen molar-refractivity contribution in [1.29, 1.82) is 0 Å². The van der Waals surface area contributed by atoms with E-state index in [1.165, 1.54) is 0 Å². The highest BCUT2D eigenvalue weighted by molar-refractivity contribution is 5.89. The van der Waals surface area contributed by atoms with Gasteiger partial charge in [-0.2, -0.15) is 0 Å². The van der Waals surface area contributed by atoms with Crippen molar-refractivity contribution in [2.45, 2.75) is 25.9 Å². The molecule has 0 radical (unpaired) electrons. The van der Waals surface area contributed by atoms with Crippen LogP contribution in [0.25, 0.3) is 0 Å². The molecular weight excluding hydrogens is 306 g/mol. The number of pyridine rings is 1. The smallest absolute Gasteiger partial charge is 0.321 e. The molecule has 24 heavy (non-hydrogen) atoms. The Morgan fingerprint density at radius 3 is 2.88 bits per heavy atom. The van der Waals surface area contributed by atoms with Crippen LogP contribution in [0.2, 0.25) is 0 Å². The predicted molar refractivity (Wildman–Crippen MR) is 91.3 cm³/mol. The average Bonchev–Trinajstić information content (AvgIpc) is 2.91. The number of aryl methyl sites for hydroxylation is 1. The van der Waals surface area contributed by atoms with E-state index in [-0.39, 0.29) is 6.03 Å². The zero-order chi connectivity index (χ0) is 17.2. The molecule has 6 nitrogen and oxygen atoms in total. The first kappa shape index (κ1) is 16.3. The summed E-state index contributed by atoms with van der Waals surface area (Å²) in [5, 5.41) is 12.8. The molecule has 1 aliphatic heterocycles. The summed E-state index contributed by atoms with van der Waals surface area (Å²) in [5.74, 6) is 1.38. The number of aromatic nitrogens is 1. The summed E-state index contributed by atoms with van der Waals surface area (Å²) in [7, 11) is 0. The lowest BCUT2D eigenvalue weighted by Gasteiger charge is -2.20. The molecule has 1 fully saturated rings. The highest BCUT2D eigenvalue weighted by Gasteiger charge is 2.33. The van der Waals surface area contributed by atoms with E-state index in [1.807, 2.05) is 31.2 Å². The van der Waals surface area contributed by atoms with E-state index < -0.39 is 5.60 Å². The number of anilines is 1. The molecule has 2 amide bonds. The topological polar surface area (TPSA) is 74.7 Å². The Morgan fingerprint density at radius 1 is 1.42 bits per heavy atom. The molecule has 0 aliphatic carbocycles. The average molecular weight is 327 g/mol. The van der Waals surface area contributed by atoms with Crippen molar-refractivity contribution < 1.29 is 14.6 Å². The van der Waals surface area contributed by atoms with E-state index >= 15 is 0 Å². The lowest BCUT2D eigenvalue weighted by molar-refractivity contribution is 0.0727. The normalized spacial score (nSPS) is 20.0. The molecule has 2 aromatic rings. The van der Waals surface area contributed by atoms with Gasteiger partial charge in [-0.05, 0) is 56.2 Å². The number of hydrogen-bond donors (Lipinski definition) is 2. The zero-order valence-corrected chi connectivity index (χ0v) is 13.8. The van der Waals surface area contributed by atoms with Crippen LogP contribution in [0, 0.1) is 6.92 Å². The summed E-state index contributed by atoms with van der Waals surface area (Å²) in [5.41, 5.74) is 0.807. The Balaban J connectivity index is 1.65. The van der Waals surface area contributed by atoms with Crippen molar-refractivity contribution in [2.24, 2.45) is 0 Å². The first-order valence-electron chi connectivity index (χ1n) is 7.90. The molecule has 1 aliphatic rings. The summed E-state index contributed by atoms with van der Waals surface area (Å²) in [6.07, 6.45) is 3.93. The Morgan fingerprint density at radius 2 is 2.25 bits per heavy atom. The highest BCUT2D eigenvalue weighted by Crippen LogP contribution is 2.27. The maximum Gasteiger partial charge on any atom is 0.321 e. The molecule has 0 bridgehead atoms. The lowest BCUT2D eigenvalue weighted by atomic mass is 10.1. The van der Waals surface area contributed by atoms with Crippen molar-refractivity contribution in [3.05, 3.63) is 48.3 Å². The second kappa shape index (κ2) is 6.49. The van der Waals surface area contributed by atoms with Gasteiger partial charge in [0.05, 0.1) is 18.3 Å². The molecule has 1 atom stereocenters. The molecule has 2 N–H and O–H groups in total. The first-order valence-corrected chi connectivity index (χ1v) is 7.90. The Kier molecular flexibility index (Phi) is 4.40. The van der Waals surface area contributed by atoms with Crippen molar-refractivity contribution >= 4 is 11.7 Å². The van der Waals surface area contributed by atoms with Gasteiger partial charge in [0, 0.05) is 18.4 Å². The number of nitrogens with one attached hydrogen (secondary N) is 1. The largest absolute Gasteiger partial charge is 0.455 e. The minimum atomic E-state index is -0.797. The van der Waals surface area contributed by atoms with E-state index in [0.717, 1.165) is 5.56 Å². The number of urea groups is 1. The van der Waals surface area contributed by atoms with Crippen LogP contribution in [0.3, 0.4) is 0 Å². The Labute approximate surface area is 141 Å². The third-order valence-electron chi connectivity index (χ3n) is 4.03. The van der Waals surface area contributed by atoms with Crippen LogP contribution in [0.5, 0.6) is 11.5 Å². The number of ether oxygens (including phenoxy) is 1. The van der Waals surface area contributed by atoms with Crippen molar-refractivity contribution in [2.75, 3.05) is 18.4 Å². The SMILES string of the molecule is Cc1cc(NC(=O)N2CCC(C)(O)C2)ccc1Oc1cccnc1. The molecular formula is C18H21N3O3. The molecule has 1 aromatic heterocycles. The van der Waals surface area contributed by atoms with Crippen LogP contribution in [0.15, 0.2) is 42.7 Å². The maximum absolute atomic E-state index is 12.3. The van der Waals surface area contributed by atoms with Gasteiger partial charge in [0.25, 0.3) is 0 Å². The molecule has 0 spiro atoms. The fourth-order valence-electron chi connectivity index (χ4n) is 2.70. The number of amides is 2. The fraction of sp³-hybridized carbons (Fsp3) is 0.333. The van der Waals surface area contributed by atoms with Gasteiger partial charge >= 0.3 is 6.03 Å². The number of rotatable bonds is 3. The van der Waals surface area contributed by atoms with Crippen LogP contribution in [-0.4, -0.2) is 39.7 Å². The molecule has 126 valence electrons. The quantitative estimate of drug-likeness (QED) is 0.908. The number of aliphatic hydroxyl groups is 1. The summed E-state index contributed by atoms with van der Waals surface area (Å²) < 4.78 is 5.78. The summed E-state index contributed by atoms with van der Waals surface area (Å²) in [4.78, 5) is 17.9. The molecule has 1 saturated heterocycles. The van der Waals surface area contributed by atoms with E-state index in [2.05, 4.69) is 10.3 Å². The van der Waals surface area contributed by atoms with Gasteiger partial charge in [0.15, 0.2) is 0 Å². The second-order valence-electron chi connectivity index (χ2n) is 6.37. The van der Waals surface area contributed by atoms with Crippen LogP contribution in [0.4, 0.5) is 10.5 Å². The standard InChI is InChI=1S/C18H21N3O3/c1-13-10-14(20-17(22)21-9-7-18(2,23)12-21)5-6-16(13)24-15-4-3-8-19-11-15/h3-6,8,10-11,23H,7,9,12H2,1-2H3,(H,20,22). The van der Waals surface area contributed by atoms with Crippen molar-refractivity contribution in [1.82, 2.24) is 9.88 Å². The van der Waals surface area contributed by atoms with Crippen LogP contribution >= 0.6 is 0 Å². The van der Waals surface area contributed by atoms with Gasteiger partial charge in [0.2, 0.25) is 0 Å². The second-order valence-corrected chi connectivity index (χ2v) is 6.37. The lowest BCUT2D eigenvalue weighted by Crippen LogP contribution is -2.36. The van der Waals surface area contributed by atoms with E-state index in [0.29, 0.717) is 36.7 Å². The van der Waals surface area contributed by atoms with Crippen LogP contribution < -0.4 is 10.1 Å². The molecule has 2 heterocycles. The number of nitrogens with zero attached hydrogens (tertiary/aromatic N) is 2. The van der Waals surface area contributed by atoms with Crippen LogP contribution in [0.1, 0.15) is 18.9 Å². The van der Waals surface area contributed by atoms with Crippen LogP contribution in [-0.2, 0) is 0 Å². The number of carbonyl (C=O) groups is 1. The fourth-order valence-corrected chi connectivity index (χ4v) is 2.70.